The molecule has 0 aromatic rings. The summed E-state index contributed by atoms with van der Waals surface area (Å²) in [5, 5.41) is 3.06. The van der Waals surface area contributed by atoms with Crippen LogP contribution in [0.15, 0.2) is 0 Å². The van der Waals surface area contributed by atoms with Crippen molar-refractivity contribution in [1.29, 1.82) is 0 Å². The molecular weight excluding hydrogens is 390 g/mol. The lowest BCUT2D eigenvalue weighted by molar-refractivity contribution is -0.143. The van der Waals surface area contributed by atoms with Crippen molar-refractivity contribution >= 4 is 11.8 Å². The van der Waals surface area contributed by atoms with E-state index in [0.717, 1.165) is 12.8 Å². The average molecular weight is 438 g/mol. The van der Waals surface area contributed by atoms with Gasteiger partial charge in [-0.05, 0) is 31.2 Å². The second kappa shape index (κ2) is 14.5. The van der Waals surface area contributed by atoms with Crippen molar-refractivity contribution in [3.63, 3.8) is 0 Å². The van der Waals surface area contributed by atoms with Gasteiger partial charge in [-0.2, -0.15) is 0 Å². The summed E-state index contributed by atoms with van der Waals surface area (Å²) >= 11 is 0. The molecule has 1 N–H and O–H groups in total. The minimum atomic E-state index is -0.597. The van der Waals surface area contributed by atoms with Gasteiger partial charge in [0.15, 0.2) is 0 Å². The summed E-state index contributed by atoms with van der Waals surface area (Å²) in [5.74, 6) is 2.76. The van der Waals surface area contributed by atoms with Crippen LogP contribution in [0.25, 0.3) is 0 Å². The minimum Gasteiger partial charge on any atom is -0.379 e. The van der Waals surface area contributed by atoms with E-state index in [2.05, 4.69) is 32.0 Å². The first-order valence-corrected chi connectivity index (χ1v) is 11.7. The van der Waals surface area contributed by atoms with Gasteiger partial charge >= 0.3 is 0 Å². The maximum Gasteiger partial charge on any atom is 0.245 e. The Morgan fingerprint density at radius 2 is 1.61 bits per heavy atom. The highest BCUT2D eigenvalue weighted by atomic mass is 16.5. The Labute approximate surface area is 191 Å². The van der Waals surface area contributed by atoms with Crippen molar-refractivity contribution in [3.05, 3.63) is 0 Å². The fourth-order valence-corrected chi connectivity index (χ4v) is 4.30. The van der Waals surface area contributed by atoms with Crippen molar-refractivity contribution in [2.75, 3.05) is 27.7 Å². The standard InChI is InChI=1S/C25H47N3O3/c1-12-15-16-27(9)22(18(6)7)24(29)26-21(17(4)5)25(30)28(10)23(19(8)13-2)20(14-3)31-11/h1,17-23H,13-16H2,2-11H3,(H,26,29). The van der Waals surface area contributed by atoms with Crippen molar-refractivity contribution in [1.82, 2.24) is 15.1 Å². The highest BCUT2D eigenvalue weighted by Gasteiger charge is 2.37. The Kier molecular flexibility index (Phi) is 13.7. The van der Waals surface area contributed by atoms with Gasteiger partial charge in [0, 0.05) is 27.1 Å². The smallest absolute Gasteiger partial charge is 0.245 e. The molecule has 180 valence electrons. The quantitative estimate of drug-likeness (QED) is 0.423. The molecule has 0 aliphatic carbocycles. The van der Waals surface area contributed by atoms with Gasteiger partial charge in [0.25, 0.3) is 0 Å². The van der Waals surface area contributed by atoms with Crippen molar-refractivity contribution in [3.8, 4) is 12.3 Å². The fourth-order valence-electron chi connectivity index (χ4n) is 4.30. The third kappa shape index (κ3) is 8.46. The predicted octanol–water partition coefficient (Wildman–Crippen LogP) is 3.41. The molecule has 0 aliphatic heterocycles. The number of likely N-dealkylation sites (N-methyl/N-ethyl adjacent to an activating group) is 2. The van der Waals surface area contributed by atoms with Gasteiger partial charge in [0.2, 0.25) is 11.8 Å². The van der Waals surface area contributed by atoms with Crippen LogP contribution in [0.2, 0.25) is 0 Å². The number of carbonyl (C=O) groups is 2. The Balaban J connectivity index is 5.72. The Hall–Kier alpha value is -1.58. The maximum atomic E-state index is 13.6. The first-order chi connectivity index (χ1) is 14.5. The summed E-state index contributed by atoms with van der Waals surface area (Å²) in [4.78, 5) is 30.6. The highest BCUT2D eigenvalue weighted by molar-refractivity contribution is 5.90. The molecule has 0 fully saturated rings. The molecule has 0 aromatic heterocycles. The molecule has 6 nitrogen and oxygen atoms in total. The zero-order valence-electron chi connectivity index (χ0n) is 21.6. The lowest BCUT2D eigenvalue weighted by atomic mass is 9.90. The second-order valence-corrected chi connectivity index (χ2v) is 9.36. The monoisotopic (exact) mass is 437 g/mol. The topological polar surface area (TPSA) is 61.9 Å². The third-order valence-electron chi connectivity index (χ3n) is 6.32. The molecule has 5 atom stereocenters. The predicted molar refractivity (Wildman–Crippen MR) is 129 cm³/mol. The molecule has 0 bridgehead atoms. The highest BCUT2D eigenvalue weighted by Crippen LogP contribution is 2.23. The van der Waals surface area contributed by atoms with E-state index in [1.807, 2.05) is 46.7 Å². The number of nitrogens with one attached hydrogen (secondary N) is 1. The molecule has 2 amide bonds. The molecule has 5 unspecified atom stereocenters. The molecule has 0 spiro atoms. The molecule has 0 radical (unpaired) electrons. The third-order valence-corrected chi connectivity index (χ3v) is 6.32. The van der Waals surface area contributed by atoms with E-state index in [4.69, 9.17) is 11.2 Å². The average Bonchev–Trinajstić information content (AvgIpc) is 2.72. The summed E-state index contributed by atoms with van der Waals surface area (Å²) in [7, 11) is 5.44. The molecule has 6 heteroatoms. The first-order valence-electron chi connectivity index (χ1n) is 11.7. The lowest BCUT2D eigenvalue weighted by Crippen LogP contribution is -2.59. The number of hydrogen-bond donors (Lipinski definition) is 1. The number of rotatable bonds is 14. The lowest BCUT2D eigenvalue weighted by Gasteiger charge is -2.40. The van der Waals surface area contributed by atoms with Crippen LogP contribution in [0.3, 0.4) is 0 Å². The molecule has 0 heterocycles. The second-order valence-electron chi connectivity index (χ2n) is 9.36. The number of carbonyl (C=O) groups excluding carboxylic acids is 2. The molecule has 0 saturated heterocycles. The van der Waals surface area contributed by atoms with Crippen LogP contribution in [0, 0.1) is 30.1 Å². The van der Waals surface area contributed by atoms with Crippen LogP contribution in [0.4, 0.5) is 0 Å². The van der Waals surface area contributed by atoms with Gasteiger partial charge in [-0.1, -0.05) is 54.9 Å². The normalized spacial score (nSPS) is 16.5. The van der Waals surface area contributed by atoms with E-state index in [1.165, 1.54) is 0 Å². The summed E-state index contributed by atoms with van der Waals surface area (Å²) in [6.07, 6.45) is 7.68. The number of methoxy groups -OCH3 is 1. The number of hydrogen-bond acceptors (Lipinski definition) is 4. The van der Waals surface area contributed by atoms with E-state index in [9.17, 15) is 9.59 Å². The summed E-state index contributed by atoms with van der Waals surface area (Å²) < 4.78 is 5.71. The molecule has 0 aliphatic rings. The number of terminal acetylenes is 1. The van der Waals surface area contributed by atoms with E-state index < -0.39 is 6.04 Å². The van der Waals surface area contributed by atoms with E-state index >= 15 is 0 Å². The number of amides is 2. The Morgan fingerprint density at radius 3 is 2.00 bits per heavy atom. The number of nitrogens with zero attached hydrogens (tertiary/aromatic N) is 2. The zero-order valence-corrected chi connectivity index (χ0v) is 21.6. The minimum absolute atomic E-state index is 0.0390. The van der Waals surface area contributed by atoms with Gasteiger partial charge in [-0.15, -0.1) is 12.3 Å². The van der Waals surface area contributed by atoms with Gasteiger partial charge in [0.05, 0.1) is 18.2 Å². The van der Waals surface area contributed by atoms with Crippen LogP contribution in [0.5, 0.6) is 0 Å². The Bertz CT molecular complexity index is 581. The van der Waals surface area contributed by atoms with Crippen molar-refractivity contribution in [2.45, 2.75) is 92.0 Å². The van der Waals surface area contributed by atoms with Gasteiger partial charge in [-0.3, -0.25) is 14.5 Å². The molecule has 0 rings (SSSR count). The number of ether oxygens (including phenoxy) is 1. The van der Waals surface area contributed by atoms with Gasteiger partial charge in [-0.25, -0.2) is 0 Å². The van der Waals surface area contributed by atoms with Crippen LogP contribution < -0.4 is 5.32 Å². The van der Waals surface area contributed by atoms with Gasteiger partial charge < -0.3 is 15.0 Å². The van der Waals surface area contributed by atoms with Crippen molar-refractivity contribution < 1.29 is 14.3 Å². The molecule has 31 heavy (non-hydrogen) atoms. The van der Waals surface area contributed by atoms with Gasteiger partial charge in [0.1, 0.15) is 6.04 Å². The summed E-state index contributed by atoms with van der Waals surface area (Å²) in [6.45, 7) is 14.9. The molecule has 0 aromatic carbocycles. The van der Waals surface area contributed by atoms with E-state index in [0.29, 0.717) is 13.0 Å². The summed E-state index contributed by atoms with van der Waals surface area (Å²) in [5.41, 5.74) is 0. The van der Waals surface area contributed by atoms with E-state index in [-0.39, 0.29) is 47.8 Å². The first kappa shape index (κ1) is 29.4. The fraction of sp³-hybridized carbons (Fsp3) is 0.840. The van der Waals surface area contributed by atoms with E-state index in [1.54, 1.807) is 12.0 Å². The largest absolute Gasteiger partial charge is 0.379 e. The van der Waals surface area contributed by atoms with Crippen LogP contribution in [-0.2, 0) is 14.3 Å². The molecular formula is C25H47N3O3. The SMILES string of the molecule is C#CCCN(C)C(C(=O)NC(C(=O)N(C)C(C(C)CC)C(CC)OC)C(C)C)C(C)C. The van der Waals surface area contributed by atoms with Crippen molar-refractivity contribution in [2.24, 2.45) is 17.8 Å². The van der Waals surface area contributed by atoms with Crippen LogP contribution >= 0.6 is 0 Å². The zero-order chi connectivity index (χ0) is 24.3. The Morgan fingerprint density at radius 1 is 1.03 bits per heavy atom. The van der Waals surface area contributed by atoms with Crippen LogP contribution in [0.1, 0.15) is 67.7 Å². The summed E-state index contributed by atoms with van der Waals surface area (Å²) in [6, 6.07) is -0.994. The van der Waals surface area contributed by atoms with Crippen LogP contribution in [-0.4, -0.2) is 73.6 Å². The molecule has 0 saturated carbocycles. The maximum absolute atomic E-state index is 13.6.